The lowest BCUT2D eigenvalue weighted by molar-refractivity contribution is -0.142. The second kappa shape index (κ2) is 26.1. The van der Waals surface area contributed by atoms with Crippen LogP contribution in [0.1, 0.15) is 149 Å². The lowest BCUT2D eigenvalue weighted by atomic mass is 9.91. The Bertz CT molecular complexity index is 477. The Balaban J connectivity index is 4.41. The van der Waals surface area contributed by atoms with Crippen LogP contribution < -0.4 is 0 Å². The van der Waals surface area contributed by atoms with Gasteiger partial charge in [0.1, 0.15) is 5.78 Å². The normalized spacial score (nSPS) is 12.1. The Labute approximate surface area is 217 Å². The van der Waals surface area contributed by atoms with Gasteiger partial charge >= 0.3 is 0 Å². The van der Waals surface area contributed by atoms with Crippen LogP contribution >= 0.6 is 0 Å². The molecule has 35 heavy (non-hydrogen) atoms. The highest BCUT2D eigenvalue weighted by molar-refractivity contribution is 6.01. The maximum Gasteiger partial charge on any atom is 0.233 e. The summed E-state index contributed by atoms with van der Waals surface area (Å²) in [5.74, 6) is -0.768. The number of carbonyl (C=O) groups is 2. The number of hydrogen-bond donors (Lipinski definition) is 2. The first-order chi connectivity index (χ1) is 17.1. The molecule has 0 saturated carbocycles. The highest BCUT2D eigenvalue weighted by Crippen LogP contribution is 2.20. The van der Waals surface area contributed by atoms with Crippen LogP contribution in [-0.2, 0) is 9.59 Å². The van der Waals surface area contributed by atoms with Gasteiger partial charge in [0.15, 0.2) is 0 Å². The first-order valence-electron chi connectivity index (χ1n) is 15.2. The molecule has 0 rings (SSSR count). The SMILES string of the molecule is CCCCCCCCCCCCC(C(=O)CCCCCCCCCCC)C(=O)N(CCO)CCO. The fourth-order valence-electron chi connectivity index (χ4n) is 4.84. The third-order valence-corrected chi connectivity index (χ3v) is 7.11. The number of aliphatic hydroxyl groups excluding tert-OH is 2. The molecule has 0 radical (unpaired) electrons. The summed E-state index contributed by atoms with van der Waals surface area (Å²) in [5, 5.41) is 18.7. The van der Waals surface area contributed by atoms with Gasteiger partial charge in [0, 0.05) is 19.5 Å². The van der Waals surface area contributed by atoms with Crippen molar-refractivity contribution in [2.75, 3.05) is 26.3 Å². The van der Waals surface area contributed by atoms with Gasteiger partial charge in [-0.1, -0.05) is 129 Å². The van der Waals surface area contributed by atoms with Gasteiger partial charge in [-0.3, -0.25) is 9.59 Å². The van der Waals surface area contributed by atoms with Crippen LogP contribution in [0.2, 0.25) is 0 Å². The van der Waals surface area contributed by atoms with Crippen molar-refractivity contribution in [1.29, 1.82) is 0 Å². The van der Waals surface area contributed by atoms with E-state index < -0.39 is 5.92 Å². The van der Waals surface area contributed by atoms with E-state index in [0.717, 1.165) is 38.5 Å². The van der Waals surface area contributed by atoms with E-state index in [2.05, 4.69) is 13.8 Å². The van der Waals surface area contributed by atoms with Crippen molar-refractivity contribution in [3.63, 3.8) is 0 Å². The Hall–Kier alpha value is -0.940. The molecule has 2 N–H and O–H groups in total. The van der Waals surface area contributed by atoms with Crippen LogP contribution in [0.4, 0.5) is 0 Å². The van der Waals surface area contributed by atoms with Gasteiger partial charge in [-0.2, -0.15) is 0 Å². The van der Waals surface area contributed by atoms with Gasteiger partial charge < -0.3 is 15.1 Å². The molecule has 0 aromatic rings. The summed E-state index contributed by atoms with van der Waals surface area (Å²) in [6, 6.07) is 0. The first-order valence-corrected chi connectivity index (χ1v) is 15.2. The van der Waals surface area contributed by atoms with Gasteiger partial charge in [0.25, 0.3) is 0 Å². The molecule has 0 aliphatic carbocycles. The van der Waals surface area contributed by atoms with Crippen molar-refractivity contribution in [2.24, 2.45) is 5.92 Å². The lowest BCUT2D eigenvalue weighted by Crippen LogP contribution is -2.42. The number of aliphatic hydroxyl groups is 2. The molecule has 1 amide bonds. The number of nitrogens with zero attached hydrogens (tertiary/aromatic N) is 1. The van der Waals surface area contributed by atoms with Crippen LogP contribution in [0.15, 0.2) is 0 Å². The van der Waals surface area contributed by atoms with Crippen molar-refractivity contribution < 1.29 is 19.8 Å². The Morgan fingerprint density at radius 1 is 0.571 bits per heavy atom. The summed E-state index contributed by atoms with van der Waals surface area (Å²) in [7, 11) is 0. The highest BCUT2D eigenvalue weighted by atomic mass is 16.3. The van der Waals surface area contributed by atoms with Crippen LogP contribution in [0.3, 0.4) is 0 Å². The van der Waals surface area contributed by atoms with Crippen LogP contribution in [0.25, 0.3) is 0 Å². The largest absolute Gasteiger partial charge is 0.395 e. The fraction of sp³-hybridized carbons (Fsp3) is 0.933. The molecule has 0 aromatic heterocycles. The molecule has 1 unspecified atom stereocenters. The number of unbranched alkanes of at least 4 members (excludes halogenated alkanes) is 17. The second-order valence-electron chi connectivity index (χ2n) is 10.3. The standard InChI is InChI=1S/C30H59NO4/c1-3-5-7-9-11-13-15-16-18-20-22-28(30(35)31(24-26-32)25-27-33)29(34)23-21-19-17-14-12-10-8-6-4-2/h28,32-33H,3-27H2,1-2H3. The molecule has 0 fully saturated rings. The Morgan fingerprint density at radius 3 is 1.34 bits per heavy atom. The maximum atomic E-state index is 13.1. The molecule has 0 aliphatic heterocycles. The first kappa shape index (κ1) is 34.1. The molecule has 0 heterocycles. The topological polar surface area (TPSA) is 77.8 Å². The van der Waals surface area contributed by atoms with E-state index in [4.69, 9.17) is 0 Å². The molecule has 1 atom stereocenters. The van der Waals surface area contributed by atoms with E-state index in [9.17, 15) is 19.8 Å². The summed E-state index contributed by atoms with van der Waals surface area (Å²) >= 11 is 0. The lowest BCUT2D eigenvalue weighted by Gasteiger charge is -2.26. The number of amides is 1. The van der Waals surface area contributed by atoms with Crippen molar-refractivity contribution in [2.45, 2.75) is 149 Å². The zero-order valence-electron chi connectivity index (χ0n) is 23.4. The molecule has 0 aliphatic rings. The summed E-state index contributed by atoms with van der Waals surface area (Å²) in [4.78, 5) is 27.6. The monoisotopic (exact) mass is 497 g/mol. The molecule has 0 bridgehead atoms. The number of hydrogen-bond acceptors (Lipinski definition) is 4. The Kier molecular flexibility index (Phi) is 25.4. The van der Waals surface area contributed by atoms with Gasteiger partial charge in [0.05, 0.1) is 19.1 Å². The zero-order valence-corrected chi connectivity index (χ0v) is 23.4. The van der Waals surface area contributed by atoms with E-state index >= 15 is 0 Å². The minimum atomic E-state index is -0.615. The van der Waals surface area contributed by atoms with Gasteiger partial charge in [-0.05, 0) is 12.8 Å². The summed E-state index contributed by atoms with van der Waals surface area (Å²) in [5.41, 5.74) is 0. The molecule has 0 saturated heterocycles. The number of ketones is 1. The summed E-state index contributed by atoms with van der Waals surface area (Å²) < 4.78 is 0. The third-order valence-electron chi connectivity index (χ3n) is 7.11. The average molecular weight is 498 g/mol. The Morgan fingerprint density at radius 2 is 0.943 bits per heavy atom. The number of rotatable bonds is 27. The summed E-state index contributed by atoms with van der Waals surface area (Å²) in [6.07, 6.45) is 24.1. The number of carbonyl (C=O) groups excluding carboxylic acids is 2. The van der Waals surface area contributed by atoms with E-state index in [1.165, 1.54) is 88.4 Å². The quantitative estimate of drug-likeness (QED) is 0.0928. The number of Topliss-reactive ketones (excluding diaryl/α,β-unsaturated/α-hetero) is 1. The van der Waals surface area contributed by atoms with Gasteiger partial charge in [0.2, 0.25) is 5.91 Å². The minimum absolute atomic E-state index is 0.0507. The van der Waals surface area contributed by atoms with Gasteiger partial charge in [-0.15, -0.1) is 0 Å². The predicted octanol–water partition coefficient (Wildman–Crippen LogP) is 7.22. The van der Waals surface area contributed by atoms with Crippen LogP contribution in [0, 0.1) is 5.92 Å². The maximum absolute atomic E-state index is 13.1. The predicted molar refractivity (Wildman–Crippen MR) is 148 cm³/mol. The molecule has 0 spiro atoms. The van der Waals surface area contributed by atoms with Gasteiger partial charge in [-0.25, -0.2) is 0 Å². The van der Waals surface area contributed by atoms with Crippen LogP contribution in [-0.4, -0.2) is 53.1 Å². The van der Waals surface area contributed by atoms with Crippen LogP contribution in [0.5, 0.6) is 0 Å². The zero-order chi connectivity index (χ0) is 26.0. The van der Waals surface area contributed by atoms with E-state index in [-0.39, 0.29) is 38.0 Å². The molecule has 208 valence electrons. The van der Waals surface area contributed by atoms with Crippen molar-refractivity contribution in [1.82, 2.24) is 4.90 Å². The average Bonchev–Trinajstić information content (AvgIpc) is 2.85. The smallest absolute Gasteiger partial charge is 0.233 e. The third kappa shape index (κ3) is 19.9. The molecular formula is C30H59NO4. The molecule has 0 aromatic carbocycles. The van der Waals surface area contributed by atoms with E-state index in [1.54, 1.807) is 0 Å². The minimum Gasteiger partial charge on any atom is -0.395 e. The van der Waals surface area contributed by atoms with Crippen molar-refractivity contribution in [3.05, 3.63) is 0 Å². The highest BCUT2D eigenvalue weighted by Gasteiger charge is 2.29. The molecular weight excluding hydrogens is 438 g/mol. The molecule has 5 heteroatoms. The van der Waals surface area contributed by atoms with Crippen molar-refractivity contribution in [3.8, 4) is 0 Å². The van der Waals surface area contributed by atoms with E-state index in [1.807, 2.05) is 0 Å². The fourth-order valence-corrected chi connectivity index (χ4v) is 4.84. The summed E-state index contributed by atoms with van der Waals surface area (Å²) in [6.45, 7) is 4.54. The van der Waals surface area contributed by atoms with Crippen molar-refractivity contribution >= 4 is 11.7 Å². The second-order valence-corrected chi connectivity index (χ2v) is 10.3. The van der Waals surface area contributed by atoms with E-state index in [0.29, 0.717) is 12.8 Å². The molecule has 5 nitrogen and oxygen atoms in total.